The fourth-order valence-electron chi connectivity index (χ4n) is 3.78. The molecule has 2 heterocycles. The third-order valence-corrected chi connectivity index (χ3v) is 5.35. The van der Waals surface area contributed by atoms with Gasteiger partial charge in [0.2, 0.25) is 0 Å². The summed E-state index contributed by atoms with van der Waals surface area (Å²) < 4.78 is 5.48. The summed E-state index contributed by atoms with van der Waals surface area (Å²) in [5.74, 6) is 0.745. The molecule has 24 heavy (non-hydrogen) atoms. The Morgan fingerprint density at radius 2 is 2.08 bits per heavy atom. The van der Waals surface area contributed by atoms with Crippen LogP contribution < -0.4 is 5.32 Å². The van der Waals surface area contributed by atoms with E-state index in [1.54, 1.807) is 7.05 Å². The van der Waals surface area contributed by atoms with Gasteiger partial charge in [0.25, 0.3) is 5.91 Å². The van der Waals surface area contributed by atoms with Crippen LogP contribution in [0.2, 0.25) is 0 Å². The SMILES string of the molecule is CNC(=O)c1cccc([C@H]2CN(CC3CCOCC3)CCN2C)c1. The first-order chi connectivity index (χ1) is 11.7. The maximum Gasteiger partial charge on any atom is 0.251 e. The predicted octanol–water partition coefficient (Wildman–Crippen LogP) is 1.76. The molecule has 2 saturated heterocycles. The molecule has 2 aliphatic heterocycles. The molecular weight excluding hydrogens is 302 g/mol. The van der Waals surface area contributed by atoms with Crippen molar-refractivity contribution in [2.75, 3.05) is 53.5 Å². The number of hydrogen-bond acceptors (Lipinski definition) is 4. The fourth-order valence-corrected chi connectivity index (χ4v) is 3.78. The molecule has 0 aliphatic carbocycles. The summed E-state index contributed by atoms with van der Waals surface area (Å²) in [6, 6.07) is 8.41. The summed E-state index contributed by atoms with van der Waals surface area (Å²) in [6.45, 7) is 6.22. The van der Waals surface area contributed by atoms with Crippen molar-refractivity contribution in [1.82, 2.24) is 15.1 Å². The first kappa shape index (κ1) is 17.4. The van der Waals surface area contributed by atoms with Crippen molar-refractivity contribution in [3.63, 3.8) is 0 Å². The molecule has 2 aliphatic rings. The standard InChI is InChI=1S/C19H29N3O2/c1-20-19(23)17-5-3-4-16(12-17)18-14-22(9-8-21(18)2)13-15-6-10-24-11-7-15/h3-5,12,15,18H,6-11,13-14H2,1-2H3,(H,20,23)/t18-/m1/s1. The number of likely N-dealkylation sites (N-methyl/N-ethyl adjacent to an activating group) is 1. The van der Waals surface area contributed by atoms with Crippen LogP contribution in [0.5, 0.6) is 0 Å². The van der Waals surface area contributed by atoms with Crippen molar-refractivity contribution in [2.24, 2.45) is 5.92 Å². The van der Waals surface area contributed by atoms with E-state index in [0.717, 1.165) is 44.3 Å². The van der Waals surface area contributed by atoms with Crippen molar-refractivity contribution in [2.45, 2.75) is 18.9 Å². The second-order valence-electron chi connectivity index (χ2n) is 7.02. The van der Waals surface area contributed by atoms with E-state index in [0.29, 0.717) is 6.04 Å². The highest BCUT2D eigenvalue weighted by Crippen LogP contribution is 2.26. The second-order valence-corrected chi connectivity index (χ2v) is 7.02. The summed E-state index contributed by atoms with van der Waals surface area (Å²) >= 11 is 0. The second kappa shape index (κ2) is 8.10. The van der Waals surface area contributed by atoms with Crippen LogP contribution in [0.15, 0.2) is 24.3 Å². The normalized spacial score (nSPS) is 24.0. The van der Waals surface area contributed by atoms with Gasteiger partial charge in [-0.3, -0.25) is 14.6 Å². The van der Waals surface area contributed by atoms with Gasteiger partial charge in [-0.2, -0.15) is 0 Å². The molecule has 0 radical (unpaired) electrons. The summed E-state index contributed by atoms with van der Waals surface area (Å²) in [5, 5.41) is 2.71. The molecule has 1 atom stereocenters. The Balaban J connectivity index is 1.68. The van der Waals surface area contributed by atoms with Crippen molar-refractivity contribution >= 4 is 5.91 Å². The van der Waals surface area contributed by atoms with Gasteiger partial charge in [-0.05, 0) is 43.5 Å². The van der Waals surface area contributed by atoms with Gasteiger partial charge < -0.3 is 10.1 Å². The van der Waals surface area contributed by atoms with Crippen LogP contribution in [-0.4, -0.2) is 69.2 Å². The van der Waals surface area contributed by atoms with Gasteiger partial charge >= 0.3 is 0 Å². The zero-order valence-electron chi connectivity index (χ0n) is 14.8. The number of benzene rings is 1. The zero-order chi connectivity index (χ0) is 16.9. The maximum absolute atomic E-state index is 11.9. The first-order valence-electron chi connectivity index (χ1n) is 8.99. The minimum atomic E-state index is -0.0191. The molecule has 1 aromatic carbocycles. The highest BCUT2D eigenvalue weighted by atomic mass is 16.5. The minimum Gasteiger partial charge on any atom is -0.381 e. The molecule has 0 unspecified atom stereocenters. The number of rotatable bonds is 4. The third kappa shape index (κ3) is 4.15. The van der Waals surface area contributed by atoms with E-state index in [-0.39, 0.29) is 5.91 Å². The molecule has 1 amide bonds. The summed E-state index contributed by atoms with van der Waals surface area (Å²) in [4.78, 5) is 16.9. The Morgan fingerprint density at radius 1 is 1.29 bits per heavy atom. The van der Waals surface area contributed by atoms with Crippen LogP contribution in [0.4, 0.5) is 0 Å². The Hall–Kier alpha value is -1.43. The van der Waals surface area contributed by atoms with Crippen LogP contribution in [0.25, 0.3) is 0 Å². The molecule has 3 rings (SSSR count). The van der Waals surface area contributed by atoms with Crippen molar-refractivity contribution in [3.05, 3.63) is 35.4 Å². The number of carbonyl (C=O) groups excluding carboxylic acids is 1. The average Bonchev–Trinajstić information content (AvgIpc) is 2.63. The topological polar surface area (TPSA) is 44.8 Å². The maximum atomic E-state index is 11.9. The van der Waals surface area contributed by atoms with Gasteiger partial charge in [0.1, 0.15) is 0 Å². The summed E-state index contributed by atoms with van der Waals surface area (Å²) in [7, 11) is 3.86. The average molecular weight is 331 g/mol. The third-order valence-electron chi connectivity index (χ3n) is 5.35. The van der Waals surface area contributed by atoms with E-state index in [9.17, 15) is 4.79 Å². The number of nitrogens with one attached hydrogen (secondary N) is 1. The quantitative estimate of drug-likeness (QED) is 0.913. The number of nitrogens with zero attached hydrogens (tertiary/aromatic N) is 2. The Bertz CT molecular complexity index is 557. The van der Waals surface area contributed by atoms with Crippen LogP contribution in [0.3, 0.4) is 0 Å². The summed E-state index contributed by atoms with van der Waals surface area (Å²) in [5.41, 5.74) is 1.97. The van der Waals surface area contributed by atoms with Crippen molar-refractivity contribution in [1.29, 1.82) is 0 Å². The number of piperazine rings is 1. The van der Waals surface area contributed by atoms with E-state index >= 15 is 0 Å². The van der Waals surface area contributed by atoms with Gasteiger partial charge in [0.15, 0.2) is 0 Å². The zero-order valence-corrected chi connectivity index (χ0v) is 14.8. The molecule has 0 spiro atoms. The van der Waals surface area contributed by atoms with Gasteiger partial charge in [0, 0.05) is 58.0 Å². The highest BCUT2D eigenvalue weighted by molar-refractivity contribution is 5.94. The van der Waals surface area contributed by atoms with Crippen LogP contribution in [0.1, 0.15) is 34.8 Å². The van der Waals surface area contributed by atoms with Crippen LogP contribution in [-0.2, 0) is 4.74 Å². The lowest BCUT2D eigenvalue weighted by Gasteiger charge is -2.41. The molecule has 2 fully saturated rings. The molecule has 0 bridgehead atoms. The first-order valence-corrected chi connectivity index (χ1v) is 8.99. The summed E-state index contributed by atoms with van der Waals surface area (Å²) in [6.07, 6.45) is 2.37. The van der Waals surface area contributed by atoms with Gasteiger partial charge in [-0.25, -0.2) is 0 Å². The fraction of sp³-hybridized carbons (Fsp3) is 0.632. The van der Waals surface area contributed by atoms with Crippen LogP contribution >= 0.6 is 0 Å². The molecule has 0 saturated carbocycles. The molecule has 1 aromatic rings. The number of ether oxygens (including phenoxy) is 1. The Labute approximate surface area is 145 Å². The monoisotopic (exact) mass is 331 g/mol. The largest absolute Gasteiger partial charge is 0.381 e. The number of amides is 1. The van der Waals surface area contributed by atoms with Gasteiger partial charge in [-0.15, -0.1) is 0 Å². The molecule has 0 aromatic heterocycles. The van der Waals surface area contributed by atoms with E-state index < -0.39 is 0 Å². The number of hydrogen-bond donors (Lipinski definition) is 1. The highest BCUT2D eigenvalue weighted by Gasteiger charge is 2.28. The smallest absolute Gasteiger partial charge is 0.251 e. The predicted molar refractivity (Wildman–Crippen MR) is 95.2 cm³/mol. The van der Waals surface area contributed by atoms with Gasteiger partial charge in [-0.1, -0.05) is 12.1 Å². The number of carbonyl (C=O) groups is 1. The lowest BCUT2D eigenvalue weighted by Crippen LogP contribution is -2.48. The van der Waals surface area contributed by atoms with E-state index in [1.807, 2.05) is 18.2 Å². The van der Waals surface area contributed by atoms with Crippen molar-refractivity contribution in [3.8, 4) is 0 Å². The van der Waals surface area contributed by atoms with Crippen LogP contribution in [0, 0.1) is 5.92 Å². The molecule has 132 valence electrons. The Morgan fingerprint density at radius 3 is 2.83 bits per heavy atom. The van der Waals surface area contributed by atoms with Crippen molar-refractivity contribution < 1.29 is 9.53 Å². The lowest BCUT2D eigenvalue weighted by atomic mass is 9.96. The molecule has 5 heteroatoms. The van der Waals surface area contributed by atoms with E-state index in [1.165, 1.54) is 24.9 Å². The Kier molecular flexibility index (Phi) is 5.87. The lowest BCUT2D eigenvalue weighted by molar-refractivity contribution is 0.0333. The van der Waals surface area contributed by atoms with E-state index in [2.05, 4.69) is 28.2 Å². The van der Waals surface area contributed by atoms with E-state index in [4.69, 9.17) is 4.74 Å². The van der Waals surface area contributed by atoms with Gasteiger partial charge in [0.05, 0.1) is 0 Å². The molecular formula is C19H29N3O2. The minimum absolute atomic E-state index is 0.0191. The molecule has 1 N–H and O–H groups in total. The molecule has 5 nitrogen and oxygen atoms in total.